The molecule has 1 aliphatic carbocycles. The summed E-state index contributed by atoms with van der Waals surface area (Å²) in [5.74, 6) is -0.545. The summed E-state index contributed by atoms with van der Waals surface area (Å²) >= 11 is 0. The summed E-state index contributed by atoms with van der Waals surface area (Å²) in [5.41, 5.74) is 3.08. The minimum Gasteiger partial charge on any atom is -0.351 e. The van der Waals surface area contributed by atoms with Crippen molar-refractivity contribution >= 4 is 29.1 Å². The molecular formula is C30H35N5O3. The number of hydrogen-bond acceptors (Lipinski definition) is 5. The number of nitrogens with one attached hydrogen (secondary N) is 2. The summed E-state index contributed by atoms with van der Waals surface area (Å²) in [6.45, 7) is 5.66. The summed E-state index contributed by atoms with van der Waals surface area (Å²) in [6.07, 6.45) is 9.53. The van der Waals surface area contributed by atoms with E-state index in [0.29, 0.717) is 22.9 Å². The number of anilines is 2. The van der Waals surface area contributed by atoms with Crippen LogP contribution in [0.5, 0.6) is 0 Å². The molecule has 0 spiro atoms. The zero-order chi connectivity index (χ0) is 27.1. The first-order valence-electron chi connectivity index (χ1n) is 13.2. The molecule has 8 nitrogen and oxygen atoms in total. The van der Waals surface area contributed by atoms with Gasteiger partial charge in [0.05, 0.1) is 6.20 Å². The van der Waals surface area contributed by atoms with E-state index < -0.39 is 11.9 Å². The molecule has 0 unspecified atom stereocenters. The number of rotatable bonds is 8. The Hall–Kier alpha value is -4.07. The molecule has 1 aliphatic rings. The van der Waals surface area contributed by atoms with Crippen LogP contribution in [-0.4, -0.2) is 33.7 Å². The molecule has 0 saturated heterocycles. The Bertz CT molecular complexity index is 1240. The summed E-state index contributed by atoms with van der Waals surface area (Å²) < 4.78 is 0. The standard InChI is InChI=1S/C30H35N5O3/c1-20(2)22-9-11-23(12-10-22)28(29(37)34-24-7-5-4-6-8-24)35(30(38)27-19-31-17-18-32-27)26-15-13-25(14-16-26)33-21(3)36/h9-20,24,28H,4-8H2,1-3H3,(H,33,36)(H,34,37)/t28-/m1/s1. The van der Waals surface area contributed by atoms with Gasteiger partial charge in [-0.25, -0.2) is 4.98 Å². The number of aromatic nitrogens is 2. The lowest BCUT2D eigenvalue weighted by Crippen LogP contribution is -2.47. The fourth-order valence-electron chi connectivity index (χ4n) is 4.83. The third-order valence-corrected chi connectivity index (χ3v) is 6.84. The number of carbonyl (C=O) groups is 3. The molecule has 0 bridgehead atoms. The summed E-state index contributed by atoms with van der Waals surface area (Å²) in [7, 11) is 0. The van der Waals surface area contributed by atoms with E-state index in [9.17, 15) is 14.4 Å². The van der Waals surface area contributed by atoms with Crippen molar-refractivity contribution in [3.63, 3.8) is 0 Å². The summed E-state index contributed by atoms with van der Waals surface area (Å²) in [6, 6.07) is 13.9. The van der Waals surface area contributed by atoms with Gasteiger partial charge in [-0.3, -0.25) is 24.3 Å². The second kappa shape index (κ2) is 12.4. The maximum absolute atomic E-state index is 14.0. The van der Waals surface area contributed by atoms with Crippen LogP contribution in [0, 0.1) is 0 Å². The molecule has 198 valence electrons. The van der Waals surface area contributed by atoms with E-state index in [1.807, 2.05) is 24.3 Å². The van der Waals surface area contributed by atoms with E-state index in [4.69, 9.17) is 0 Å². The van der Waals surface area contributed by atoms with Crippen LogP contribution in [0.2, 0.25) is 0 Å². The lowest BCUT2D eigenvalue weighted by atomic mass is 9.94. The van der Waals surface area contributed by atoms with Crippen LogP contribution >= 0.6 is 0 Å². The predicted octanol–water partition coefficient (Wildman–Crippen LogP) is 5.40. The maximum atomic E-state index is 14.0. The quantitative estimate of drug-likeness (QED) is 0.420. The topological polar surface area (TPSA) is 104 Å². The Morgan fingerprint density at radius 3 is 2.13 bits per heavy atom. The fraction of sp³-hybridized carbons (Fsp3) is 0.367. The van der Waals surface area contributed by atoms with E-state index in [1.54, 1.807) is 24.3 Å². The van der Waals surface area contributed by atoms with Crippen LogP contribution in [0.15, 0.2) is 67.1 Å². The number of hydrogen-bond donors (Lipinski definition) is 2. The molecule has 1 saturated carbocycles. The average molecular weight is 514 g/mol. The molecule has 1 heterocycles. The Balaban J connectivity index is 1.79. The van der Waals surface area contributed by atoms with Gasteiger partial charge in [0.2, 0.25) is 11.8 Å². The number of carbonyl (C=O) groups excluding carboxylic acids is 3. The SMILES string of the molecule is CC(=O)Nc1ccc(N(C(=O)c2cnccn2)[C@@H](C(=O)NC2CCCCC2)c2ccc(C(C)C)cc2)cc1. The summed E-state index contributed by atoms with van der Waals surface area (Å²) in [4.78, 5) is 49.3. The number of amides is 3. The number of benzene rings is 2. The van der Waals surface area contributed by atoms with Crippen LogP contribution in [0.4, 0.5) is 11.4 Å². The van der Waals surface area contributed by atoms with E-state index in [2.05, 4.69) is 34.4 Å². The van der Waals surface area contributed by atoms with E-state index in [1.165, 1.54) is 36.8 Å². The van der Waals surface area contributed by atoms with Crippen molar-refractivity contribution in [2.45, 2.75) is 70.9 Å². The first-order valence-corrected chi connectivity index (χ1v) is 13.2. The maximum Gasteiger partial charge on any atom is 0.279 e. The minimum absolute atomic E-state index is 0.0734. The van der Waals surface area contributed by atoms with Crippen molar-refractivity contribution in [3.8, 4) is 0 Å². The van der Waals surface area contributed by atoms with Gasteiger partial charge in [-0.15, -0.1) is 0 Å². The van der Waals surface area contributed by atoms with Crippen molar-refractivity contribution < 1.29 is 14.4 Å². The second-order valence-electron chi connectivity index (χ2n) is 10.1. The van der Waals surface area contributed by atoms with Crippen molar-refractivity contribution in [1.82, 2.24) is 15.3 Å². The van der Waals surface area contributed by atoms with Crippen molar-refractivity contribution in [1.29, 1.82) is 0 Å². The van der Waals surface area contributed by atoms with Crippen molar-refractivity contribution in [2.24, 2.45) is 0 Å². The molecule has 1 aromatic heterocycles. The molecular weight excluding hydrogens is 478 g/mol. The zero-order valence-corrected chi connectivity index (χ0v) is 22.2. The van der Waals surface area contributed by atoms with Crippen molar-refractivity contribution in [2.75, 3.05) is 10.2 Å². The molecule has 8 heteroatoms. The van der Waals surface area contributed by atoms with Gasteiger partial charge in [-0.2, -0.15) is 0 Å². The molecule has 1 fully saturated rings. The lowest BCUT2D eigenvalue weighted by molar-refractivity contribution is -0.123. The van der Waals surface area contributed by atoms with Gasteiger partial charge in [-0.05, 0) is 54.2 Å². The Kier molecular flexibility index (Phi) is 8.84. The number of nitrogens with zero attached hydrogens (tertiary/aromatic N) is 3. The van der Waals surface area contributed by atoms with E-state index in [0.717, 1.165) is 31.2 Å². The smallest absolute Gasteiger partial charge is 0.279 e. The zero-order valence-electron chi connectivity index (χ0n) is 22.2. The van der Waals surface area contributed by atoms with Crippen LogP contribution < -0.4 is 15.5 Å². The summed E-state index contributed by atoms with van der Waals surface area (Å²) in [5, 5.41) is 5.97. The monoisotopic (exact) mass is 513 g/mol. The lowest BCUT2D eigenvalue weighted by Gasteiger charge is -2.33. The van der Waals surface area contributed by atoms with Gasteiger partial charge in [0, 0.05) is 36.7 Å². The molecule has 3 aromatic rings. The van der Waals surface area contributed by atoms with Gasteiger partial charge in [0.15, 0.2) is 0 Å². The first kappa shape index (κ1) is 27.0. The fourth-order valence-corrected chi connectivity index (χ4v) is 4.83. The van der Waals surface area contributed by atoms with Crippen molar-refractivity contribution in [3.05, 3.63) is 83.9 Å². The average Bonchev–Trinajstić information content (AvgIpc) is 2.92. The van der Waals surface area contributed by atoms with Crippen LogP contribution in [-0.2, 0) is 9.59 Å². The normalized spacial score (nSPS) is 14.5. The molecule has 2 aromatic carbocycles. The highest BCUT2D eigenvalue weighted by Gasteiger charge is 2.35. The molecule has 0 radical (unpaired) electrons. The van der Waals surface area contributed by atoms with Crippen LogP contribution in [0.3, 0.4) is 0 Å². The molecule has 38 heavy (non-hydrogen) atoms. The molecule has 3 amide bonds. The minimum atomic E-state index is -0.931. The Morgan fingerprint density at radius 2 is 1.55 bits per heavy atom. The molecule has 0 aliphatic heterocycles. The Labute approximate surface area is 223 Å². The Morgan fingerprint density at radius 1 is 0.895 bits per heavy atom. The van der Waals surface area contributed by atoms with E-state index >= 15 is 0 Å². The van der Waals surface area contributed by atoms with Gasteiger partial charge in [-0.1, -0.05) is 57.4 Å². The molecule has 4 rings (SSSR count). The van der Waals surface area contributed by atoms with Gasteiger partial charge in [0.25, 0.3) is 5.91 Å². The van der Waals surface area contributed by atoms with E-state index in [-0.39, 0.29) is 23.6 Å². The van der Waals surface area contributed by atoms with Gasteiger partial charge < -0.3 is 10.6 Å². The van der Waals surface area contributed by atoms with Gasteiger partial charge >= 0.3 is 0 Å². The highest BCUT2D eigenvalue weighted by Crippen LogP contribution is 2.32. The highest BCUT2D eigenvalue weighted by molar-refractivity contribution is 6.09. The largest absolute Gasteiger partial charge is 0.351 e. The highest BCUT2D eigenvalue weighted by atomic mass is 16.2. The van der Waals surface area contributed by atoms with Crippen LogP contribution in [0.25, 0.3) is 0 Å². The molecule has 2 N–H and O–H groups in total. The third-order valence-electron chi connectivity index (χ3n) is 6.84. The molecule has 1 atom stereocenters. The second-order valence-corrected chi connectivity index (χ2v) is 10.1. The third kappa shape index (κ3) is 6.62. The van der Waals surface area contributed by atoms with Gasteiger partial charge in [0.1, 0.15) is 11.7 Å². The first-order chi connectivity index (χ1) is 18.3. The van der Waals surface area contributed by atoms with Crippen LogP contribution in [0.1, 0.15) is 86.5 Å². The predicted molar refractivity (Wildman–Crippen MR) is 148 cm³/mol.